The molecule has 0 aromatic heterocycles. The summed E-state index contributed by atoms with van der Waals surface area (Å²) in [6.45, 7) is 9.67. The van der Waals surface area contributed by atoms with Crippen LogP contribution in [0.1, 0.15) is 66.2 Å². The quantitative estimate of drug-likeness (QED) is 0.374. The maximum Gasteiger partial charge on any atom is 0.235 e. The van der Waals surface area contributed by atoms with Gasteiger partial charge >= 0.3 is 0 Å². The Morgan fingerprint density at radius 2 is 2.04 bits per heavy atom. The van der Waals surface area contributed by atoms with Crippen molar-refractivity contribution < 1.29 is 4.79 Å². The molecular formula is C21H31NO. The van der Waals surface area contributed by atoms with Crippen molar-refractivity contribution in [3.63, 3.8) is 0 Å². The Balaban J connectivity index is 1.85. The summed E-state index contributed by atoms with van der Waals surface area (Å²) < 4.78 is 0. The summed E-state index contributed by atoms with van der Waals surface area (Å²) in [5, 5.41) is 0. The van der Waals surface area contributed by atoms with Crippen molar-refractivity contribution in [2.75, 3.05) is 0 Å². The Bertz CT molecular complexity index is 585. The molecule has 0 amide bonds. The topological polar surface area (TPSA) is 29.4 Å². The van der Waals surface area contributed by atoms with Crippen LogP contribution in [-0.2, 0) is 4.79 Å². The molecule has 0 spiro atoms. The van der Waals surface area contributed by atoms with Crippen LogP contribution in [0.2, 0.25) is 0 Å². The average Bonchev–Trinajstić information content (AvgIpc) is 2.47. The molecule has 4 aliphatic carbocycles. The minimum atomic E-state index is -0.146. The van der Waals surface area contributed by atoms with Gasteiger partial charge in [0, 0.05) is 0 Å². The van der Waals surface area contributed by atoms with E-state index in [2.05, 4.69) is 38.8 Å². The molecule has 4 rings (SSSR count). The molecule has 0 aromatic carbocycles. The largest absolute Gasteiger partial charge is 0.235 e. The van der Waals surface area contributed by atoms with Gasteiger partial charge in [-0.1, -0.05) is 39.3 Å². The fourth-order valence-electron chi connectivity index (χ4n) is 7.23. The molecule has 0 unspecified atom stereocenters. The van der Waals surface area contributed by atoms with Crippen LogP contribution in [0.25, 0.3) is 0 Å². The lowest BCUT2D eigenvalue weighted by Gasteiger charge is -2.63. The predicted molar refractivity (Wildman–Crippen MR) is 92.7 cm³/mol. The smallest absolute Gasteiger partial charge is 0.211 e. The summed E-state index contributed by atoms with van der Waals surface area (Å²) in [5.74, 6) is 4.14. The van der Waals surface area contributed by atoms with E-state index in [1.165, 1.54) is 32.1 Å². The van der Waals surface area contributed by atoms with E-state index in [4.69, 9.17) is 0 Å². The van der Waals surface area contributed by atoms with Crippen LogP contribution in [-0.4, -0.2) is 11.6 Å². The van der Waals surface area contributed by atoms with Crippen molar-refractivity contribution >= 4 is 6.08 Å². The highest BCUT2D eigenvalue weighted by Crippen LogP contribution is 2.65. The van der Waals surface area contributed by atoms with E-state index in [9.17, 15) is 4.79 Å². The molecule has 4 aliphatic rings. The molecule has 126 valence electrons. The van der Waals surface area contributed by atoms with Gasteiger partial charge in [-0.3, -0.25) is 0 Å². The normalized spacial score (nSPS) is 50.3. The number of carbonyl (C=O) groups excluding carboxylic acids is 1. The van der Waals surface area contributed by atoms with Crippen LogP contribution >= 0.6 is 0 Å². The number of aliphatic imine (C=N–C) groups is 1. The first kappa shape index (κ1) is 15.6. The lowest BCUT2D eigenvalue weighted by molar-refractivity contribution is -0.0745. The lowest BCUT2D eigenvalue weighted by Crippen LogP contribution is -2.60. The highest BCUT2D eigenvalue weighted by atomic mass is 16.1. The van der Waals surface area contributed by atoms with Gasteiger partial charge in [-0.05, 0) is 79.4 Å². The van der Waals surface area contributed by atoms with Crippen molar-refractivity contribution in [2.45, 2.75) is 71.8 Å². The Hall–Kier alpha value is -0.880. The van der Waals surface area contributed by atoms with Crippen molar-refractivity contribution in [2.24, 2.45) is 45.9 Å². The molecule has 0 radical (unpaired) electrons. The van der Waals surface area contributed by atoms with E-state index in [0.717, 1.165) is 24.2 Å². The molecule has 3 fully saturated rings. The second-order valence-corrected chi connectivity index (χ2v) is 9.89. The number of hydrogen-bond acceptors (Lipinski definition) is 2. The first-order valence-electron chi connectivity index (χ1n) is 9.66. The molecule has 0 aromatic rings. The van der Waals surface area contributed by atoms with Gasteiger partial charge in [0.25, 0.3) is 0 Å². The van der Waals surface area contributed by atoms with Crippen LogP contribution in [0.3, 0.4) is 0 Å². The van der Waals surface area contributed by atoms with Gasteiger partial charge in [0.15, 0.2) is 0 Å². The molecule has 23 heavy (non-hydrogen) atoms. The predicted octanol–water partition coefficient (Wildman–Crippen LogP) is 5.15. The standard InChI is InChI=1S/C21H31NO/c1-13-9-16-11-20(3,4)10-15-7-8-21(22-12-23)14(2)5-6-17(13)19(21)18(15)16/h7,13-14,16-19H,5-6,8-11H2,1-4H3/t13-,14-,16-,17+,18-,19-,21-/m0/s1. The Morgan fingerprint density at radius 1 is 1.26 bits per heavy atom. The van der Waals surface area contributed by atoms with Crippen LogP contribution in [0.4, 0.5) is 0 Å². The Kier molecular flexibility index (Phi) is 3.44. The van der Waals surface area contributed by atoms with Crippen molar-refractivity contribution in [3.05, 3.63) is 11.6 Å². The summed E-state index contributed by atoms with van der Waals surface area (Å²) in [6.07, 6.45) is 12.0. The van der Waals surface area contributed by atoms with Crippen molar-refractivity contribution in [3.8, 4) is 0 Å². The summed E-state index contributed by atoms with van der Waals surface area (Å²) in [5.41, 5.74) is 2.00. The number of hydrogen-bond donors (Lipinski definition) is 0. The van der Waals surface area contributed by atoms with Gasteiger partial charge in [-0.25, -0.2) is 4.79 Å². The van der Waals surface area contributed by atoms with Crippen LogP contribution < -0.4 is 0 Å². The molecule has 2 heteroatoms. The fourth-order valence-corrected chi connectivity index (χ4v) is 7.23. The minimum Gasteiger partial charge on any atom is -0.211 e. The molecule has 0 aliphatic heterocycles. The zero-order valence-electron chi connectivity index (χ0n) is 15.1. The molecule has 0 bridgehead atoms. The lowest BCUT2D eigenvalue weighted by atomic mass is 9.43. The monoisotopic (exact) mass is 313 g/mol. The van der Waals surface area contributed by atoms with Gasteiger partial charge in [-0.2, -0.15) is 4.99 Å². The van der Waals surface area contributed by atoms with E-state index in [1.807, 2.05) is 6.08 Å². The molecule has 3 saturated carbocycles. The first-order chi connectivity index (χ1) is 10.9. The number of rotatable bonds is 1. The maximum atomic E-state index is 11.3. The van der Waals surface area contributed by atoms with Gasteiger partial charge in [-0.15, -0.1) is 0 Å². The van der Waals surface area contributed by atoms with Crippen LogP contribution in [0.5, 0.6) is 0 Å². The third-order valence-electron chi connectivity index (χ3n) is 8.00. The zero-order valence-corrected chi connectivity index (χ0v) is 15.1. The van der Waals surface area contributed by atoms with Crippen LogP contribution in [0.15, 0.2) is 16.6 Å². The van der Waals surface area contributed by atoms with Crippen molar-refractivity contribution in [1.29, 1.82) is 0 Å². The number of allylic oxidation sites excluding steroid dienone is 1. The molecule has 0 N–H and O–H groups in total. The second kappa shape index (κ2) is 5.06. The van der Waals surface area contributed by atoms with Gasteiger partial charge in [0.05, 0.1) is 5.54 Å². The molecular weight excluding hydrogens is 282 g/mol. The molecule has 7 atom stereocenters. The highest BCUT2D eigenvalue weighted by molar-refractivity contribution is 5.38. The van der Waals surface area contributed by atoms with Gasteiger partial charge in [0.1, 0.15) is 0 Å². The SMILES string of the molecule is C[C@H]1C[C@H]2CC(C)(C)CC3=CC[C@@]4(N=C=O)[C@@H]([C@@H]1CC[C@@H]4C)[C@@H]32. The third-order valence-corrected chi connectivity index (χ3v) is 8.00. The third kappa shape index (κ3) is 2.14. The van der Waals surface area contributed by atoms with Gasteiger partial charge < -0.3 is 0 Å². The zero-order chi connectivity index (χ0) is 16.4. The van der Waals surface area contributed by atoms with Crippen molar-refractivity contribution in [1.82, 2.24) is 0 Å². The highest BCUT2D eigenvalue weighted by Gasteiger charge is 2.61. The molecule has 0 heterocycles. The van der Waals surface area contributed by atoms with E-state index in [1.54, 1.807) is 5.57 Å². The van der Waals surface area contributed by atoms with E-state index in [-0.39, 0.29) is 5.54 Å². The maximum absolute atomic E-state index is 11.3. The molecule has 2 nitrogen and oxygen atoms in total. The minimum absolute atomic E-state index is 0.146. The second-order valence-electron chi connectivity index (χ2n) is 9.89. The fraction of sp³-hybridized carbons (Fsp3) is 0.857. The Morgan fingerprint density at radius 3 is 2.78 bits per heavy atom. The van der Waals surface area contributed by atoms with E-state index >= 15 is 0 Å². The first-order valence-corrected chi connectivity index (χ1v) is 9.66. The van der Waals surface area contributed by atoms with E-state index < -0.39 is 0 Å². The number of nitrogens with zero attached hydrogens (tertiary/aromatic N) is 1. The van der Waals surface area contributed by atoms with E-state index in [0.29, 0.717) is 23.2 Å². The summed E-state index contributed by atoms with van der Waals surface area (Å²) in [6, 6.07) is 0. The summed E-state index contributed by atoms with van der Waals surface area (Å²) in [7, 11) is 0. The average molecular weight is 313 g/mol. The van der Waals surface area contributed by atoms with Crippen LogP contribution in [0, 0.1) is 40.9 Å². The molecule has 0 saturated heterocycles. The summed E-state index contributed by atoms with van der Waals surface area (Å²) >= 11 is 0. The van der Waals surface area contributed by atoms with Gasteiger partial charge in [0.2, 0.25) is 6.08 Å². The Labute approximate surface area is 140 Å². The number of isocyanates is 1. The summed E-state index contributed by atoms with van der Waals surface area (Å²) in [4.78, 5) is 15.9.